The highest BCUT2D eigenvalue weighted by Crippen LogP contribution is 2.17. The fraction of sp³-hybridized carbons (Fsp3) is 0.716. The van der Waals surface area contributed by atoms with E-state index in [2.05, 4.69) is 118 Å². The summed E-state index contributed by atoms with van der Waals surface area (Å²) in [5.41, 5.74) is 0. The highest BCUT2D eigenvalue weighted by molar-refractivity contribution is 5.71. The Kier molecular flexibility index (Phi) is 57.8. The Balaban J connectivity index is 4.35. The number of hydrogen-bond donors (Lipinski definition) is 0. The normalized spacial score (nSPS) is 12.8. The van der Waals surface area contributed by atoms with Crippen LogP contribution in [-0.4, -0.2) is 37.2 Å². The van der Waals surface area contributed by atoms with E-state index in [-0.39, 0.29) is 37.5 Å². The molecule has 0 aliphatic rings. The lowest BCUT2D eigenvalue weighted by Gasteiger charge is -2.18. The van der Waals surface area contributed by atoms with Crippen LogP contribution < -0.4 is 0 Å². The van der Waals surface area contributed by atoms with Gasteiger partial charge in [-0.3, -0.25) is 14.4 Å². The van der Waals surface area contributed by atoms with Gasteiger partial charge in [0.1, 0.15) is 13.2 Å². The molecule has 0 saturated carbocycles. The van der Waals surface area contributed by atoms with Gasteiger partial charge in [0.05, 0.1) is 0 Å². The monoisotopic (exact) mass is 1010 g/mol. The Bertz CT molecular complexity index is 1440. The number of carbonyl (C=O) groups is 3. The molecule has 0 aromatic rings. The molecule has 0 aliphatic carbocycles. The molecule has 0 aromatic carbocycles. The highest BCUT2D eigenvalue weighted by atomic mass is 16.6. The van der Waals surface area contributed by atoms with Crippen LogP contribution in [0.1, 0.15) is 290 Å². The summed E-state index contributed by atoms with van der Waals surface area (Å²) in [5, 5.41) is 0. The van der Waals surface area contributed by atoms with Gasteiger partial charge in [0.2, 0.25) is 0 Å². The van der Waals surface area contributed by atoms with Gasteiger partial charge in [-0.15, -0.1) is 0 Å². The van der Waals surface area contributed by atoms with E-state index >= 15 is 0 Å². The molecule has 0 amide bonds. The Morgan fingerprint density at radius 1 is 0.288 bits per heavy atom. The van der Waals surface area contributed by atoms with Gasteiger partial charge in [-0.2, -0.15) is 0 Å². The molecule has 1 unspecified atom stereocenters. The van der Waals surface area contributed by atoms with E-state index in [0.717, 1.165) is 103 Å². The molecule has 0 heterocycles. The van der Waals surface area contributed by atoms with Crippen LogP contribution in [0.25, 0.3) is 0 Å². The molecule has 0 bridgehead atoms. The third-order valence-corrected chi connectivity index (χ3v) is 13.1. The molecule has 0 aromatic heterocycles. The molecule has 0 N–H and O–H groups in total. The van der Waals surface area contributed by atoms with Gasteiger partial charge in [0, 0.05) is 19.3 Å². The summed E-state index contributed by atoms with van der Waals surface area (Å²) in [5.74, 6) is -0.991. The topological polar surface area (TPSA) is 78.9 Å². The Morgan fingerprint density at radius 2 is 0.548 bits per heavy atom. The largest absolute Gasteiger partial charge is 0.462 e. The molecule has 1 atom stereocenters. The summed E-state index contributed by atoms with van der Waals surface area (Å²) in [6.07, 6.45) is 81.5. The number of unbranched alkanes of at least 4 members (excludes halogenated alkanes) is 28. The van der Waals surface area contributed by atoms with Crippen LogP contribution in [0.2, 0.25) is 0 Å². The molecular formula is C67H114O6. The van der Waals surface area contributed by atoms with Gasteiger partial charge in [0.25, 0.3) is 0 Å². The minimum absolute atomic E-state index is 0.108. The quantitative estimate of drug-likeness (QED) is 0.0261. The lowest BCUT2D eigenvalue weighted by atomic mass is 10.0. The standard InChI is InChI=1S/C67H114O6/c1-4-7-10-13-16-19-22-25-27-29-30-31-32-33-34-35-36-38-39-42-45-48-51-54-57-60-66(69)72-63-64(62-71-65(68)59-56-53-50-47-44-41-24-21-18-15-12-9-6-3)73-67(70)61-58-55-52-49-46-43-40-37-28-26-23-20-17-14-11-8-5-2/h8-9,11-12,17-18,20-21,26,28,40-41,43-44,49,52,64H,4-7,10,13-16,19,22-25,27,29-39,42,45-48,50-51,53-63H2,1-3H3/b11-8-,12-9-,20-17-,21-18-,28-26-,43-40-,44-41-,52-49-. The second-order valence-electron chi connectivity index (χ2n) is 20.2. The summed E-state index contributed by atoms with van der Waals surface area (Å²) in [6, 6.07) is 0. The number of esters is 3. The number of carbonyl (C=O) groups excluding carboxylic acids is 3. The molecule has 0 radical (unpaired) electrons. The summed E-state index contributed by atoms with van der Waals surface area (Å²) in [7, 11) is 0. The Labute approximate surface area is 451 Å². The summed E-state index contributed by atoms with van der Waals surface area (Å²) >= 11 is 0. The Morgan fingerprint density at radius 3 is 0.877 bits per heavy atom. The maximum Gasteiger partial charge on any atom is 0.306 e. The van der Waals surface area contributed by atoms with Crippen LogP contribution in [0, 0.1) is 0 Å². The van der Waals surface area contributed by atoms with Gasteiger partial charge in [-0.1, -0.05) is 279 Å². The van der Waals surface area contributed by atoms with E-state index in [1.54, 1.807) is 0 Å². The van der Waals surface area contributed by atoms with Crippen molar-refractivity contribution in [3.63, 3.8) is 0 Å². The predicted octanol–water partition coefficient (Wildman–Crippen LogP) is 20.9. The SMILES string of the molecule is CC/C=C\C/C=C\C/C=C\C/C=C\C/C=C\CCCC(=O)OC(COC(=O)CCCCC/C=C\C/C=C\C/C=C\CC)COC(=O)CCCCCCCCCCCCCCCCCCCCCCCCCCC. The van der Waals surface area contributed by atoms with Gasteiger partial charge >= 0.3 is 17.9 Å². The maximum absolute atomic E-state index is 12.8. The second-order valence-corrected chi connectivity index (χ2v) is 20.2. The van der Waals surface area contributed by atoms with Crippen LogP contribution in [0.3, 0.4) is 0 Å². The molecule has 73 heavy (non-hydrogen) atoms. The summed E-state index contributed by atoms with van der Waals surface area (Å²) in [4.78, 5) is 38.2. The van der Waals surface area contributed by atoms with Crippen molar-refractivity contribution in [3.05, 3.63) is 97.2 Å². The van der Waals surface area contributed by atoms with E-state index in [4.69, 9.17) is 14.2 Å². The first-order valence-electron chi connectivity index (χ1n) is 30.7. The van der Waals surface area contributed by atoms with Crippen molar-refractivity contribution in [3.8, 4) is 0 Å². The number of hydrogen-bond acceptors (Lipinski definition) is 6. The Hall–Kier alpha value is -3.67. The molecular weight excluding hydrogens is 901 g/mol. The molecule has 6 nitrogen and oxygen atoms in total. The smallest absolute Gasteiger partial charge is 0.306 e. The lowest BCUT2D eigenvalue weighted by Crippen LogP contribution is -2.30. The fourth-order valence-electron chi connectivity index (χ4n) is 8.55. The first-order valence-corrected chi connectivity index (χ1v) is 30.7. The molecule has 0 aliphatic heterocycles. The average molecular weight is 1020 g/mol. The second kappa shape index (κ2) is 60.9. The van der Waals surface area contributed by atoms with E-state index in [9.17, 15) is 14.4 Å². The predicted molar refractivity (Wildman–Crippen MR) is 316 cm³/mol. The van der Waals surface area contributed by atoms with Gasteiger partial charge in [-0.25, -0.2) is 0 Å². The maximum atomic E-state index is 12.8. The van der Waals surface area contributed by atoms with Crippen molar-refractivity contribution in [1.82, 2.24) is 0 Å². The molecule has 0 spiro atoms. The minimum Gasteiger partial charge on any atom is -0.462 e. The van der Waals surface area contributed by atoms with Gasteiger partial charge < -0.3 is 14.2 Å². The summed E-state index contributed by atoms with van der Waals surface area (Å²) < 4.78 is 16.8. The third kappa shape index (κ3) is 59.1. The van der Waals surface area contributed by atoms with Crippen LogP contribution >= 0.6 is 0 Å². The molecule has 0 rings (SSSR count). The number of allylic oxidation sites excluding steroid dienone is 16. The van der Waals surface area contributed by atoms with Crippen molar-refractivity contribution in [2.75, 3.05) is 13.2 Å². The van der Waals surface area contributed by atoms with E-state index in [0.29, 0.717) is 19.3 Å². The van der Waals surface area contributed by atoms with Crippen molar-refractivity contribution in [1.29, 1.82) is 0 Å². The first-order chi connectivity index (χ1) is 36.0. The van der Waals surface area contributed by atoms with Crippen molar-refractivity contribution < 1.29 is 28.6 Å². The fourth-order valence-corrected chi connectivity index (χ4v) is 8.55. The van der Waals surface area contributed by atoms with Crippen molar-refractivity contribution >= 4 is 17.9 Å². The third-order valence-electron chi connectivity index (χ3n) is 13.1. The zero-order valence-corrected chi connectivity index (χ0v) is 47.9. The van der Waals surface area contributed by atoms with Gasteiger partial charge in [-0.05, 0) is 89.9 Å². The van der Waals surface area contributed by atoms with Gasteiger partial charge in [0.15, 0.2) is 6.10 Å². The molecule has 418 valence electrons. The van der Waals surface area contributed by atoms with Crippen LogP contribution in [-0.2, 0) is 28.6 Å². The van der Waals surface area contributed by atoms with Crippen molar-refractivity contribution in [2.24, 2.45) is 0 Å². The minimum atomic E-state index is -0.819. The van der Waals surface area contributed by atoms with E-state index in [1.165, 1.54) is 141 Å². The lowest BCUT2D eigenvalue weighted by molar-refractivity contribution is -0.167. The van der Waals surface area contributed by atoms with Crippen molar-refractivity contribution in [2.45, 2.75) is 297 Å². The van der Waals surface area contributed by atoms with E-state index in [1.807, 2.05) is 0 Å². The van der Waals surface area contributed by atoms with Crippen LogP contribution in [0.15, 0.2) is 97.2 Å². The zero-order chi connectivity index (χ0) is 52.9. The first kappa shape index (κ1) is 69.3. The molecule has 6 heteroatoms. The van der Waals surface area contributed by atoms with Crippen LogP contribution in [0.5, 0.6) is 0 Å². The summed E-state index contributed by atoms with van der Waals surface area (Å²) in [6.45, 7) is 6.36. The molecule has 0 fully saturated rings. The average Bonchev–Trinajstić information content (AvgIpc) is 3.39. The van der Waals surface area contributed by atoms with Crippen LogP contribution in [0.4, 0.5) is 0 Å². The van der Waals surface area contributed by atoms with E-state index < -0.39 is 6.10 Å². The molecule has 0 saturated heterocycles. The zero-order valence-electron chi connectivity index (χ0n) is 47.9. The number of ether oxygens (including phenoxy) is 3. The number of rotatable bonds is 55. The highest BCUT2D eigenvalue weighted by Gasteiger charge is 2.19.